The number of carbonyl (C=O) groups excluding carboxylic acids is 1. The van der Waals surface area contributed by atoms with E-state index in [1.807, 2.05) is 30.3 Å². The number of amides is 1. The molecule has 0 radical (unpaired) electrons. The number of hydrogen-bond acceptors (Lipinski definition) is 6. The van der Waals surface area contributed by atoms with Gasteiger partial charge in [-0.1, -0.05) is 47.6 Å². The molecule has 7 nitrogen and oxygen atoms in total. The minimum Gasteiger partial charge on any atom is -0.495 e. The van der Waals surface area contributed by atoms with Crippen LogP contribution in [0.1, 0.15) is 6.92 Å². The Morgan fingerprint density at radius 2 is 1.96 bits per heavy atom. The maximum absolute atomic E-state index is 12.5. The van der Waals surface area contributed by atoms with Gasteiger partial charge in [-0.05, 0) is 41.6 Å². The van der Waals surface area contributed by atoms with Crippen molar-refractivity contribution in [2.24, 2.45) is 0 Å². The summed E-state index contributed by atoms with van der Waals surface area (Å²) in [5, 5.41) is 15.1. The molecule has 1 N–H and O–H groups in total. The highest BCUT2D eigenvalue weighted by Crippen LogP contribution is 2.28. The molecule has 9 heteroatoms. The molecular weight excluding hydrogens is 374 g/mol. The number of nitrogens with zero attached hydrogens (tertiary/aromatic N) is 4. The Bertz CT molecular complexity index is 917. The van der Waals surface area contributed by atoms with Crippen molar-refractivity contribution < 1.29 is 9.53 Å². The minimum absolute atomic E-state index is 0.187. The van der Waals surface area contributed by atoms with Crippen molar-refractivity contribution >= 4 is 35.0 Å². The number of rotatable bonds is 6. The van der Waals surface area contributed by atoms with Crippen LogP contribution in [-0.4, -0.2) is 38.5 Å². The van der Waals surface area contributed by atoms with E-state index in [2.05, 4.69) is 20.8 Å². The number of para-hydroxylation sites is 3. The standard InChI is InChI=1S/C17H16ClN5O2S/c1-11(16(24)19-13-8-4-6-10-15(13)25-2)26-17-20-21-22-23(17)14-9-5-3-7-12(14)18/h3-11H,1-2H3,(H,19,24). The van der Waals surface area contributed by atoms with E-state index < -0.39 is 5.25 Å². The van der Waals surface area contributed by atoms with Crippen molar-refractivity contribution in [2.45, 2.75) is 17.3 Å². The fraction of sp³-hybridized carbons (Fsp3) is 0.176. The summed E-state index contributed by atoms with van der Waals surface area (Å²) in [6, 6.07) is 14.5. The van der Waals surface area contributed by atoms with Crippen molar-refractivity contribution in [3.05, 3.63) is 53.6 Å². The van der Waals surface area contributed by atoms with E-state index in [0.717, 1.165) is 0 Å². The molecule has 0 saturated carbocycles. The lowest BCUT2D eigenvalue weighted by Gasteiger charge is -2.14. The van der Waals surface area contributed by atoms with Crippen LogP contribution in [-0.2, 0) is 4.79 Å². The van der Waals surface area contributed by atoms with Crippen LogP contribution in [0.4, 0.5) is 5.69 Å². The Hall–Kier alpha value is -2.58. The first-order valence-corrected chi connectivity index (χ1v) is 8.99. The van der Waals surface area contributed by atoms with Gasteiger partial charge in [0.2, 0.25) is 11.1 Å². The number of aromatic nitrogens is 4. The number of hydrogen-bond donors (Lipinski definition) is 1. The lowest BCUT2D eigenvalue weighted by atomic mass is 10.3. The number of thioether (sulfide) groups is 1. The zero-order chi connectivity index (χ0) is 18.5. The Morgan fingerprint density at radius 3 is 2.73 bits per heavy atom. The number of anilines is 1. The van der Waals surface area contributed by atoms with Crippen LogP contribution in [0.25, 0.3) is 5.69 Å². The highest BCUT2D eigenvalue weighted by atomic mass is 35.5. The van der Waals surface area contributed by atoms with E-state index >= 15 is 0 Å². The predicted octanol–water partition coefficient (Wildman–Crippen LogP) is 3.44. The molecule has 0 spiro atoms. The monoisotopic (exact) mass is 389 g/mol. The van der Waals surface area contributed by atoms with E-state index in [-0.39, 0.29) is 5.91 Å². The van der Waals surface area contributed by atoms with Crippen molar-refractivity contribution in [3.8, 4) is 11.4 Å². The molecule has 1 unspecified atom stereocenters. The molecular formula is C17H16ClN5O2S. The lowest BCUT2D eigenvalue weighted by molar-refractivity contribution is -0.115. The number of carbonyl (C=O) groups is 1. The Balaban J connectivity index is 1.75. The number of methoxy groups -OCH3 is 1. The predicted molar refractivity (Wildman–Crippen MR) is 101 cm³/mol. The summed E-state index contributed by atoms with van der Waals surface area (Å²) in [5.41, 5.74) is 1.26. The number of tetrazole rings is 1. The molecule has 1 atom stereocenters. The molecule has 0 saturated heterocycles. The van der Waals surface area contributed by atoms with Gasteiger partial charge in [-0.3, -0.25) is 4.79 Å². The fourth-order valence-electron chi connectivity index (χ4n) is 2.22. The van der Waals surface area contributed by atoms with Gasteiger partial charge in [-0.2, -0.15) is 4.68 Å². The summed E-state index contributed by atoms with van der Waals surface area (Å²) in [4.78, 5) is 12.5. The van der Waals surface area contributed by atoms with Crippen molar-refractivity contribution in [2.75, 3.05) is 12.4 Å². The van der Waals surface area contributed by atoms with Gasteiger partial charge >= 0.3 is 0 Å². The van der Waals surface area contributed by atoms with Gasteiger partial charge in [0.25, 0.3) is 0 Å². The number of benzene rings is 2. The first kappa shape index (κ1) is 18.2. The van der Waals surface area contributed by atoms with Crippen molar-refractivity contribution in [3.63, 3.8) is 0 Å². The molecule has 0 fully saturated rings. The molecule has 1 aromatic heterocycles. The van der Waals surface area contributed by atoms with Gasteiger partial charge in [-0.15, -0.1) is 5.10 Å². The summed E-state index contributed by atoms with van der Waals surface area (Å²) in [6.07, 6.45) is 0. The van der Waals surface area contributed by atoms with Gasteiger partial charge in [0, 0.05) is 0 Å². The van der Waals surface area contributed by atoms with Crippen LogP contribution >= 0.6 is 23.4 Å². The van der Waals surface area contributed by atoms with E-state index in [9.17, 15) is 4.79 Å². The summed E-state index contributed by atoms with van der Waals surface area (Å²) >= 11 is 7.45. The van der Waals surface area contributed by atoms with Crippen molar-refractivity contribution in [1.82, 2.24) is 20.2 Å². The summed E-state index contributed by atoms with van der Waals surface area (Å²) in [6.45, 7) is 1.78. The van der Waals surface area contributed by atoms with E-state index in [0.29, 0.717) is 27.3 Å². The van der Waals surface area contributed by atoms with Crippen LogP contribution < -0.4 is 10.1 Å². The van der Waals surface area contributed by atoms with Gasteiger partial charge < -0.3 is 10.1 Å². The van der Waals surface area contributed by atoms with E-state index in [4.69, 9.17) is 16.3 Å². The Kier molecular flexibility index (Phi) is 5.75. The molecule has 0 bridgehead atoms. The van der Waals surface area contributed by atoms with Crippen LogP contribution in [0.5, 0.6) is 5.75 Å². The topological polar surface area (TPSA) is 81.9 Å². The highest BCUT2D eigenvalue weighted by Gasteiger charge is 2.21. The molecule has 1 amide bonds. The third-order valence-corrected chi connectivity index (χ3v) is 4.89. The third kappa shape index (κ3) is 3.97. The second-order valence-corrected chi connectivity index (χ2v) is 6.99. The molecule has 0 aliphatic heterocycles. The molecule has 1 heterocycles. The Labute approximate surface area is 159 Å². The third-order valence-electron chi connectivity index (χ3n) is 3.54. The zero-order valence-electron chi connectivity index (χ0n) is 14.1. The Morgan fingerprint density at radius 1 is 1.23 bits per heavy atom. The largest absolute Gasteiger partial charge is 0.495 e. The quantitative estimate of drug-likeness (QED) is 0.650. The zero-order valence-corrected chi connectivity index (χ0v) is 15.7. The molecule has 2 aromatic carbocycles. The molecule has 26 heavy (non-hydrogen) atoms. The molecule has 0 aliphatic carbocycles. The number of ether oxygens (including phenoxy) is 1. The SMILES string of the molecule is COc1ccccc1NC(=O)C(C)Sc1nnnn1-c1ccccc1Cl. The van der Waals surface area contributed by atoms with E-state index in [1.54, 1.807) is 32.2 Å². The smallest absolute Gasteiger partial charge is 0.237 e. The maximum Gasteiger partial charge on any atom is 0.237 e. The van der Waals surface area contributed by atoms with Gasteiger partial charge in [0.15, 0.2) is 0 Å². The first-order valence-electron chi connectivity index (χ1n) is 7.74. The molecule has 0 aliphatic rings. The summed E-state index contributed by atoms with van der Waals surface area (Å²) < 4.78 is 6.76. The van der Waals surface area contributed by atoms with Crippen molar-refractivity contribution in [1.29, 1.82) is 0 Å². The fourth-order valence-corrected chi connectivity index (χ4v) is 3.24. The minimum atomic E-state index is -0.438. The lowest BCUT2D eigenvalue weighted by Crippen LogP contribution is -2.23. The van der Waals surface area contributed by atoms with Gasteiger partial charge in [-0.25, -0.2) is 0 Å². The average molecular weight is 390 g/mol. The normalized spacial score (nSPS) is 11.8. The van der Waals surface area contributed by atoms with Crippen LogP contribution in [0.15, 0.2) is 53.7 Å². The van der Waals surface area contributed by atoms with Gasteiger partial charge in [0.05, 0.1) is 28.8 Å². The molecule has 134 valence electrons. The van der Waals surface area contributed by atoms with E-state index in [1.165, 1.54) is 16.4 Å². The van der Waals surface area contributed by atoms with Crippen LogP contribution in [0, 0.1) is 0 Å². The second kappa shape index (κ2) is 8.20. The van der Waals surface area contributed by atoms with Gasteiger partial charge in [0.1, 0.15) is 5.75 Å². The summed E-state index contributed by atoms with van der Waals surface area (Å²) in [7, 11) is 1.56. The second-order valence-electron chi connectivity index (χ2n) is 5.27. The first-order chi connectivity index (χ1) is 12.6. The number of halogens is 1. The highest BCUT2D eigenvalue weighted by molar-refractivity contribution is 8.00. The van der Waals surface area contributed by atoms with Crippen LogP contribution in [0.3, 0.4) is 0 Å². The molecule has 3 aromatic rings. The summed E-state index contributed by atoms with van der Waals surface area (Å²) in [5.74, 6) is 0.409. The number of nitrogens with one attached hydrogen (secondary N) is 1. The van der Waals surface area contributed by atoms with Crippen LogP contribution in [0.2, 0.25) is 5.02 Å². The maximum atomic E-state index is 12.5. The molecule has 3 rings (SSSR count). The average Bonchev–Trinajstić information content (AvgIpc) is 3.10.